The maximum atomic E-state index is 13.9. The molecule has 1 spiro atoms. The zero-order valence-corrected chi connectivity index (χ0v) is 17.7. The average molecular weight is 393 g/mol. The first-order valence-corrected chi connectivity index (χ1v) is 10.9. The highest BCUT2D eigenvalue weighted by molar-refractivity contribution is 5.00. The monoisotopic (exact) mass is 392 g/mol. The lowest BCUT2D eigenvalue weighted by atomic mass is 9.61. The summed E-state index contributed by atoms with van der Waals surface area (Å²) in [4.78, 5) is 4.07. The Bertz CT molecular complexity index is 420. The average Bonchev–Trinajstić information content (AvgIpc) is 2.63. The Hall–Kier alpha value is -0.330. The van der Waals surface area contributed by atoms with Crippen molar-refractivity contribution in [1.29, 1.82) is 0 Å². The van der Waals surface area contributed by atoms with E-state index in [1.165, 1.54) is 0 Å². The number of piperidine rings is 2. The fourth-order valence-electron chi connectivity index (χ4n) is 5.34. The van der Waals surface area contributed by atoms with Crippen LogP contribution in [0.15, 0.2) is 0 Å². The smallest absolute Gasteiger partial charge is 0.381 e. The molecule has 0 N–H and O–H groups in total. The fraction of sp³-hybridized carbons (Fsp3) is 1.00. The van der Waals surface area contributed by atoms with Gasteiger partial charge in [0.2, 0.25) is 0 Å². The number of hydrogen-bond acceptors (Lipinski definition) is 3. The third kappa shape index (κ3) is 5.60. The van der Waals surface area contributed by atoms with Crippen LogP contribution in [0.4, 0.5) is 13.2 Å². The van der Waals surface area contributed by atoms with Gasteiger partial charge in [-0.1, -0.05) is 20.8 Å². The molecular formula is C21H39F3N2O. The van der Waals surface area contributed by atoms with E-state index in [2.05, 4.69) is 11.8 Å². The predicted octanol–water partition coefficient (Wildman–Crippen LogP) is 4.96. The molecule has 1 saturated carbocycles. The van der Waals surface area contributed by atoms with Crippen LogP contribution in [0.5, 0.6) is 0 Å². The molecule has 3 fully saturated rings. The third-order valence-electron chi connectivity index (χ3n) is 6.86. The highest BCUT2D eigenvalue weighted by Gasteiger charge is 2.52. The summed E-state index contributed by atoms with van der Waals surface area (Å²) < 4.78 is 47.0. The van der Waals surface area contributed by atoms with Gasteiger partial charge in [0.15, 0.2) is 0 Å². The minimum absolute atomic E-state index is 0.240. The molecule has 0 aromatic rings. The maximum absolute atomic E-state index is 13.9. The fourth-order valence-corrected chi connectivity index (χ4v) is 5.34. The summed E-state index contributed by atoms with van der Waals surface area (Å²) in [7, 11) is 1.73. The molecule has 27 heavy (non-hydrogen) atoms. The van der Waals surface area contributed by atoms with Crippen molar-refractivity contribution >= 4 is 0 Å². The zero-order valence-electron chi connectivity index (χ0n) is 17.7. The van der Waals surface area contributed by atoms with Crippen molar-refractivity contribution in [3.63, 3.8) is 0 Å². The largest absolute Gasteiger partial charge is 0.404 e. The summed E-state index contributed by atoms with van der Waals surface area (Å²) in [5, 5.41) is 0. The number of halogens is 3. The second-order valence-electron chi connectivity index (χ2n) is 8.47. The van der Waals surface area contributed by atoms with Crippen LogP contribution >= 0.6 is 0 Å². The molecule has 3 aliphatic rings. The van der Waals surface area contributed by atoms with E-state index in [0.29, 0.717) is 32.0 Å². The molecule has 2 heterocycles. The van der Waals surface area contributed by atoms with Crippen LogP contribution in [0, 0.1) is 11.3 Å². The number of likely N-dealkylation sites (tertiary alicyclic amines) is 2. The van der Waals surface area contributed by atoms with Gasteiger partial charge >= 0.3 is 6.18 Å². The molecule has 2 saturated heterocycles. The number of alkyl halides is 3. The van der Waals surface area contributed by atoms with Crippen molar-refractivity contribution in [2.75, 3.05) is 39.8 Å². The standard InChI is InChI=1S/C19H33F3N2O.C2H6/c1-3-8-23-9-4-15(5-10-23)17(19(20,21)22)24-11-6-18(7-12-24)13-16(14-18)25-2;1-2/h15-17H,3-14H2,1-2H3;1-2H3. The van der Waals surface area contributed by atoms with Crippen LogP contribution in [-0.4, -0.2) is 68.0 Å². The molecule has 2 aliphatic heterocycles. The number of methoxy groups -OCH3 is 1. The highest BCUT2D eigenvalue weighted by atomic mass is 19.4. The Labute approximate surface area is 163 Å². The first kappa shape index (κ1) is 23.0. The van der Waals surface area contributed by atoms with Gasteiger partial charge in [0.05, 0.1) is 6.10 Å². The summed E-state index contributed by atoms with van der Waals surface area (Å²) in [5.74, 6) is -0.240. The molecule has 3 nitrogen and oxygen atoms in total. The first-order valence-electron chi connectivity index (χ1n) is 10.9. The van der Waals surface area contributed by atoms with E-state index in [1.54, 1.807) is 12.0 Å². The van der Waals surface area contributed by atoms with Crippen molar-refractivity contribution in [1.82, 2.24) is 9.80 Å². The Morgan fingerprint density at radius 2 is 1.59 bits per heavy atom. The van der Waals surface area contributed by atoms with Gasteiger partial charge in [-0.25, -0.2) is 0 Å². The third-order valence-corrected chi connectivity index (χ3v) is 6.86. The van der Waals surface area contributed by atoms with Gasteiger partial charge in [-0.3, -0.25) is 4.90 Å². The molecule has 3 rings (SSSR count). The summed E-state index contributed by atoms with van der Waals surface area (Å²) in [6.45, 7) is 9.96. The Balaban J connectivity index is 0.00000126. The maximum Gasteiger partial charge on any atom is 0.404 e. The van der Waals surface area contributed by atoms with Gasteiger partial charge in [0, 0.05) is 7.11 Å². The summed E-state index contributed by atoms with van der Waals surface area (Å²) >= 11 is 0. The Kier molecular flexibility index (Phi) is 8.44. The van der Waals surface area contributed by atoms with Gasteiger partial charge in [0.25, 0.3) is 0 Å². The molecule has 160 valence electrons. The van der Waals surface area contributed by atoms with Crippen LogP contribution in [0.2, 0.25) is 0 Å². The molecule has 1 aliphatic carbocycles. The van der Waals surface area contributed by atoms with Crippen LogP contribution in [0.3, 0.4) is 0 Å². The molecule has 6 heteroatoms. The van der Waals surface area contributed by atoms with Gasteiger partial charge < -0.3 is 9.64 Å². The van der Waals surface area contributed by atoms with Gasteiger partial charge in [-0.15, -0.1) is 0 Å². The molecule has 0 radical (unpaired) electrons. The lowest BCUT2D eigenvalue weighted by Crippen LogP contribution is -2.58. The zero-order chi connectivity index (χ0) is 20.1. The van der Waals surface area contributed by atoms with E-state index >= 15 is 0 Å². The first-order chi connectivity index (χ1) is 12.9. The van der Waals surface area contributed by atoms with Gasteiger partial charge in [-0.2, -0.15) is 13.2 Å². The summed E-state index contributed by atoms with van der Waals surface area (Å²) in [6, 6.07) is -1.24. The normalized spacial score (nSPS) is 26.3. The number of nitrogens with zero attached hydrogens (tertiary/aromatic N) is 2. The second-order valence-corrected chi connectivity index (χ2v) is 8.47. The van der Waals surface area contributed by atoms with Crippen molar-refractivity contribution in [3.05, 3.63) is 0 Å². The second kappa shape index (κ2) is 9.93. The minimum atomic E-state index is -4.11. The molecular weight excluding hydrogens is 353 g/mol. The van der Waals surface area contributed by atoms with E-state index in [4.69, 9.17) is 4.74 Å². The highest BCUT2D eigenvalue weighted by Crippen LogP contribution is 2.51. The Morgan fingerprint density at radius 1 is 1.04 bits per heavy atom. The van der Waals surface area contributed by atoms with E-state index in [0.717, 1.165) is 51.7 Å². The molecule has 0 amide bonds. The van der Waals surface area contributed by atoms with Crippen molar-refractivity contribution < 1.29 is 17.9 Å². The topological polar surface area (TPSA) is 15.7 Å². The SMILES string of the molecule is CC.CCCN1CCC(C(N2CCC3(CC2)CC(OC)C3)C(F)(F)F)CC1. The van der Waals surface area contributed by atoms with Crippen LogP contribution in [-0.2, 0) is 4.74 Å². The number of ether oxygens (including phenoxy) is 1. The lowest BCUT2D eigenvalue weighted by molar-refractivity contribution is -0.211. The molecule has 0 aromatic heterocycles. The van der Waals surface area contributed by atoms with Crippen LogP contribution in [0.1, 0.15) is 65.7 Å². The van der Waals surface area contributed by atoms with E-state index in [9.17, 15) is 13.2 Å². The molecule has 0 bridgehead atoms. The van der Waals surface area contributed by atoms with Crippen molar-refractivity contribution in [3.8, 4) is 0 Å². The minimum Gasteiger partial charge on any atom is -0.381 e. The van der Waals surface area contributed by atoms with E-state index in [-0.39, 0.29) is 11.3 Å². The predicted molar refractivity (Wildman–Crippen MR) is 104 cm³/mol. The summed E-state index contributed by atoms with van der Waals surface area (Å²) in [5.41, 5.74) is 0.262. The van der Waals surface area contributed by atoms with E-state index < -0.39 is 12.2 Å². The quantitative estimate of drug-likeness (QED) is 0.658. The number of rotatable bonds is 5. The summed E-state index contributed by atoms with van der Waals surface area (Å²) in [6.07, 6.45) is 2.50. The van der Waals surface area contributed by atoms with E-state index in [1.807, 2.05) is 13.8 Å². The van der Waals surface area contributed by atoms with Crippen molar-refractivity contribution in [2.45, 2.75) is 84.0 Å². The molecule has 1 unspecified atom stereocenters. The number of hydrogen-bond donors (Lipinski definition) is 0. The molecule has 0 aromatic carbocycles. The van der Waals surface area contributed by atoms with Crippen LogP contribution in [0.25, 0.3) is 0 Å². The van der Waals surface area contributed by atoms with Gasteiger partial charge in [0.1, 0.15) is 6.04 Å². The Morgan fingerprint density at radius 3 is 2.04 bits per heavy atom. The van der Waals surface area contributed by atoms with Gasteiger partial charge in [-0.05, 0) is 89.0 Å². The van der Waals surface area contributed by atoms with Crippen LogP contribution < -0.4 is 0 Å². The lowest BCUT2D eigenvalue weighted by Gasteiger charge is -2.53. The molecule has 1 atom stereocenters. The van der Waals surface area contributed by atoms with Crippen molar-refractivity contribution in [2.24, 2.45) is 11.3 Å².